The smallest absolute Gasteiger partial charge is 0.237 e. The van der Waals surface area contributed by atoms with Crippen LogP contribution in [0.1, 0.15) is 36.8 Å². The summed E-state index contributed by atoms with van der Waals surface area (Å²) >= 11 is 0. The lowest BCUT2D eigenvalue weighted by Crippen LogP contribution is -2.35. The number of nitrogens with one attached hydrogen (secondary N) is 2. The van der Waals surface area contributed by atoms with Crippen molar-refractivity contribution in [3.05, 3.63) is 65.7 Å². The van der Waals surface area contributed by atoms with Gasteiger partial charge in [0.1, 0.15) is 12.4 Å². The molecule has 0 aliphatic heterocycles. The van der Waals surface area contributed by atoms with Crippen molar-refractivity contribution in [1.29, 1.82) is 0 Å². The third-order valence-electron chi connectivity index (χ3n) is 6.16. The van der Waals surface area contributed by atoms with E-state index >= 15 is 0 Å². The van der Waals surface area contributed by atoms with Crippen LogP contribution < -0.4 is 14.8 Å². The van der Waals surface area contributed by atoms with Crippen molar-refractivity contribution in [1.82, 2.24) is 14.9 Å². The molecule has 1 aliphatic rings. The van der Waals surface area contributed by atoms with Gasteiger partial charge in [0.05, 0.1) is 12.7 Å². The molecule has 3 rings (SSSR count). The van der Waals surface area contributed by atoms with Crippen LogP contribution in [-0.4, -0.2) is 64.8 Å². The quantitative estimate of drug-likeness (QED) is 0.426. The van der Waals surface area contributed by atoms with Crippen LogP contribution in [0.3, 0.4) is 0 Å². The summed E-state index contributed by atoms with van der Waals surface area (Å²) in [6.07, 6.45) is 3.34. The lowest BCUT2D eigenvalue weighted by molar-refractivity contribution is -0.118. The molecule has 34 heavy (non-hydrogen) atoms. The van der Waals surface area contributed by atoms with Gasteiger partial charge in [-0.3, -0.25) is 9.52 Å². The van der Waals surface area contributed by atoms with Crippen molar-refractivity contribution in [3.8, 4) is 5.75 Å². The Morgan fingerprint density at radius 3 is 2.50 bits per heavy atom. The van der Waals surface area contributed by atoms with Crippen LogP contribution in [0, 0.1) is 5.92 Å². The molecule has 1 saturated carbocycles. The van der Waals surface area contributed by atoms with Crippen LogP contribution >= 0.6 is 0 Å². The number of hydrogen-bond donors (Lipinski definition) is 2. The van der Waals surface area contributed by atoms with Gasteiger partial charge < -0.3 is 15.0 Å². The van der Waals surface area contributed by atoms with E-state index < -0.39 is 15.9 Å². The van der Waals surface area contributed by atoms with Crippen molar-refractivity contribution in [2.24, 2.45) is 5.92 Å². The van der Waals surface area contributed by atoms with Crippen LogP contribution in [0.5, 0.6) is 5.75 Å². The lowest BCUT2D eigenvalue weighted by atomic mass is 10.1. The molecule has 0 saturated heterocycles. The molecule has 1 fully saturated rings. The lowest BCUT2D eigenvalue weighted by Gasteiger charge is -2.23. The number of rotatable bonds is 14. The molecule has 0 heterocycles. The number of hydrogen-bond acceptors (Lipinski definition) is 6. The number of sulfonamides is 1. The molecule has 8 heteroatoms. The van der Waals surface area contributed by atoms with Gasteiger partial charge in [0.15, 0.2) is 0 Å². The summed E-state index contributed by atoms with van der Waals surface area (Å²) in [5.74, 6) is 1.44. The van der Waals surface area contributed by atoms with E-state index in [1.54, 1.807) is 24.3 Å². The number of amides is 1. The topological polar surface area (TPSA) is 87.7 Å². The van der Waals surface area contributed by atoms with Gasteiger partial charge in [0.2, 0.25) is 15.9 Å². The van der Waals surface area contributed by atoms with Gasteiger partial charge >= 0.3 is 0 Å². The van der Waals surface area contributed by atoms with Crippen LogP contribution in [0.15, 0.2) is 54.6 Å². The summed E-state index contributed by atoms with van der Waals surface area (Å²) in [4.78, 5) is 14.0. The predicted octanol–water partition coefficient (Wildman–Crippen LogP) is 2.79. The zero-order valence-electron chi connectivity index (χ0n) is 20.4. The first kappa shape index (κ1) is 26.2. The van der Waals surface area contributed by atoms with Gasteiger partial charge in [0.25, 0.3) is 0 Å². The predicted molar refractivity (Wildman–Crippen MR) is 135 cm³/mol. The fraction of sp³-hybridized carbons (Fsp3) is 0.500. The highest BCUT2D eigenvalue weighted by Crippen LogP contribution is 2.40. The fourth-order valence-corrected chi connectivity index (χ4v) is 4.61. The Morgan fingerprint density at radius 2 is 1.85 bits per heavy atom. The zero-order valence-corrected chi connectivity index (χ0v) is 21.2. The highest BCUT2D eigenvalue weighted by atomic mass is 32.2. The number of carbonyl (C=O) groups excluding carboxylic acids is 1. The minimum absolute atomic E-state index is 0.00941. The summed E-state index contributed by atoms with van der Waals surface area (Å²) in [6.45, 7) is 5.70. The Hall–Kier alpha value is -2.42. The van der Waals surface area contributed by atoms with Gasteiger partial charge in [-0.15, -0.1) is 0 Å². The third kappa shape index (κ3) is 9.08. The van der Waals surface area contributed by atoms with Gasteiger partial charge in [-0.05, 0) is 49.2 Å². The van der Waals surface area contributed by atoms with E-state index in [-0.39, 0.29) is 6.42 Å². The second kappa shape index (κ2) is 12.3. The summed E-state index contributed by atoms with van der Waals surface area (Å²) in [7, 11) is -1.41. The first-order valence-corrected chi connectivity index (χ1v) is 13.8. The monoisotopic (exact) mass is 487 g/mol. The molecule has 2 aromatic rings. The van der Waals surface area contributed by atoms with Crippen LogP contribution in [0.25, 0.3) is 0 Å². The van der Waals surface area contributed by atoms with E-state index in [1.807, 2.05) is 4.72 Å². The Labute approximate surface area is 203 Å². The molecule has 1 aliphatic carbocycles. The van der Waals surface area contributed by atoms with Crippen LogP contribution in [0.4, 0.5) is 0 Å². The summed E-state index contributed by atoms with van der Waals surface area (Å²) in [5.41, 5.74) is 2.17. The molecule has 7 nitrogen and oxygen atoms in total. The molecule has 0 aromatic heterocycles. The molecule has 1 unspecified atom stereocenters. The van der Waals surface area contributed by atoms with Crippen molar-refractivity contribution in [2.75, 3.05) is 39.5 Å². The van der Waals surface area contributed by atoms with E-state index in [9.17, 15) is 13.2 Å². The van der Waals surface area contributed by atoms with Crippen LogP contribution in [0.2, 0.25) is 0 Å². The summed E-state index contributed by atoms with van der Waals surface area (Å²) in [6, 6.07) is 18.5. The number of benzene rings is 2. The zero-order chi connectivity index (χ0) is 24.6. The Morgan fingerprint density at radius 1 is 1.15 bits per heavy atom. The minimum atomic E-state index is -3.53. The van der Waals surface area contributed by atoms with Crippen LogP contribution in [-0.2, 0) is 21.2 Å². The normalized spacial score (nSPS) is 18.5. The fourth-order valence-electron chi connectivity index (χ4n) is 4.13. The number of ether oxygens (including phenoxy) is 1. The Balaban J connectivity index is 1.32. The average Bonchev–Trinajstić information content (AvgIpc) is 3.57. The molecule has 2 aromatic carbocycles. The second-order valence-corrected chi connectivity index (χ2v) is 11.0. The van der Waals surface area contributed by atoms with E-state index in [0.717, 1.165) is 43.6 Å². The van der Waals surface area contributed by atoms with Crippen molar-refractivity contribution in [2.45, 2.75) is 38.1 Å². The largest absolute Gasteiger partial charge is 0.492 e. The molecule has 186 valence electrons. The first-order chi connectivity index (χ1) is 16.2. The minimum Gasteiger partial charge on any atom is -0.492 e. The van der Waals surface area contributed by atoms with Crippen molar-refractivity contribution >= 4 is 15.9 Å². The standard InChI is InChI=1S/C26H37N3O4S/c1-4-20(18-27-25-17-24(25)22-8-6-5-7-9-22)19-29(2)14-15-33-23-12-10-21(11-13-23)16-26(30)28-34(3,31)32/h5-13,20,24-25,27H,4,14-19H2,1-3H3,(H,28,30)/t20?,24-,25+/m0/s1. The van der Waals surface area contributed by atoms with Crippen molar-refractivity contribution < 1.29 is 17.9 Å². The number of carbonyl (C=O) groups is 1. The van der Waals surface area contributed by atoms with Gasteiger partial charge in [-0.2, -0.15) is 0 Å². The van der Waals surface area contributed by atoms with E-state index in [1.165, 1.54) is 12.0 Å². The molecular formula is C26H37N3O4S. The maximum Gasteiger partial charge on any atom is 0.237 e. The highest BCUT2D eigenvalue weighted by Gasteiger charge is 2.37. The van der Waals surface area contributed by atoms with E-state index in [2.05, 4.69) is 54.5 Å². The molecular weight excluding hydrogens is 450 g/mol. The maximum absolute atomic E-state index is 11.7. The second-order valence-electron chi connectivity index (χ2n) is 9.27. The maximum atomic E-state index is 11.7. The molecule has 0 bridgehead atoms. The Kier molecular flexibility index (Phi) is 9.50. The van der Waals surface area contributed by atoms with E-state index in [4.69, 9.17) is 4.74 Å². The molecule has 3 atom stereocenters. The molecule has 0 radical (unpaired) electrons. The van der Waals surface area contributed by atoms with Gasteiger partial charge in [-0.25, -0.2) is 8.42 Å². The number of nitrogens with zero attached hydrogens (tertiary/aromatic N) is 1. The summed E-state index contributed by atoms with van der Waals surface area (Å²) < 4.78 is 30.1. The molecule has 0 spiro atoms. The molecule has 1 amide bonds. The SMILES string of the molecule is CCC(CN[C@@H]1C[C@H]1c1ccccc1)CN(C)CCOc1ccc(CC(=O)NS(C)(=O)=O)cc1. The van der Waals surface area contributed by atoms with Crippen molar-refractivity contribution in [3.63, 3.8) is 0 Å². The average molecular weight is 488 g/mol. The Bertz CT molecular complexity index is 1010. The van der Waals surface area contributed by atoms with E-state index in [0.29, 0.717) is 24.5 Å². The first-order valence-electron chi connectivity index (χ1n) is 11.9. The summed E-state index contributed by atoms with van der Waals surface area (Å²) in [5, 5.41) is 3.75. The molecule has 2 N–H and O–H groups in total. The third-order valence-corrected chi connectivity index (χ3v) is 6.76. The highest BCUT2D eigenvalue weighted by molar-refractivity contribution is 7.89. The van der Waals surface area contributed by atoms with Gasteiger partial charge in [-0.1, -0.05) is 55.8 Å². The van der Waals surface area contributed by atoms with Gasteiger partial charge in [0, 0.05) is 25.0 Å². The number of likely N-dealkylation sites (N-methyl/N-ethyl adjacent to an activating group) is 1.